The predicted octanol–water partition coefficient (Wildman–Crippen LogP) is 16.9. The molecule has 0 N–H and O–H groups in total. The first kappa shape index (κ1) is 70.8. The van der Waals surface area contributed by atoms with Crippen LogP contribution in [0, 0.1) is 29.6 Å². The largest absolute Gasteiger partial charge is 0.382 e. The zero-order chi connectivity index (χ0) is 46.1. The molecule has 1 saturated heterocycles. The minimum atomic E-state index is -2.28. The van der Waals surface area contributed by atoms with E-state index >= 15 is 0 Å². The van der Waals surface area contributed by atoms with Crippen LogP contribution in [0.25, 0.3) is 0 Å². The van der Waals surface area contributed by atoms with Gasteiger partial charge in [-0.05, 0) is 96.7 Å². The highest BCUT2D eigenvalue weighted by Crippen LogP contribution is 2.50. The van der Waals surface area contributed by atoms with E-state index in [0.29, 0.717) is 12.5 Å². The zero-order valence-electron chi connectivity index (χ0n) is 42.2. The Labute approximate surface area is 357 Å². The molecule has 1 atom stereocenters. The van der Waals surface area contributed by atoms with Gasteiger partial charge in [0.05, 0.1) is 19.3 Å². The van der Waals surface area contributed by atoms with E-state index < -0.39 is 12.3 Å². The van der Waals surface area contributed by atoms with Crippen LogP contribution >= 0.6 is 0 Å². The van der Waals surface area contributed by atoms with Crippen molar-refractivity contribution in [2.75, 3.05) is 52.7 Å². The zero-order valence-corrected chi connectivity index (χ0v) is 42.2. The third-order valence-corrected chi connectivity index (χ3v) is 8.06. The van der Waals surface area contributed by atoms with E-state index in [4.69, 9.17) is 14.2 Å². The highest BCUT2D eigenvalue weighted by atomic mass is 19.3. The molecule has 0 radical (unpaired) electrons. The van der Waals surface area contributed by atoms with Gasteiger partial charge in [-0.2, -0.15) is 0 Å². The molecule has 3 aliphatic rings. The van der Waals surface area contributed by atoms with E-state index in [1.165, 1.54) is 65.1 Å². The van der Waals surface area contributed by atoms with Crippen LogP contribution in [0.15, 0.2) is 12.7 Å². The smallest absolute Gasteiger partial charge is 0.251 e. The molecule has 2 saturated carbocycles. The molecule has 0 spiro atoms. The van der Waals surface area contributed by atoms with E-state index in [1.54, 1.807) is 6.92 Å². The van der Waals surface area contributed by atoms with E-state index in [-0.39, 0.29) is 18.8 Å². The first-order chi connectivity index (χ1) is 26.7. The van der Waals surface area contributed by atoms with Crippen molar-refractivity contribution in [3.8, 4) is 0 Å². The maximum absolute atomic E-state index is 11.8. The molecule has 3 fully saturated rings. The molecule has 1 unspecified atom stereocenters. The Morgan fingerprint density at radius 3 is 1.16 bits per heavy atom. The molecule has 354 valence electrons. The summed E-state index contributed by atoms with van der Waals surface area (Å²) in [6.45, 7) is 51.7. The van der Waals surface area contributed by atoms with Gasteiger partial charge < -0.3 is 19.1 Å². The molecule has 1 heterocycles. The fourth-order valence-corrected chi connectivity index (χ4v) is 3.26. The van der Waals surface area contributed by atoms with Crippen LogP contribution in [0.4, 0.5) is 17.6 Å². The van der Waals surface area contributed by atoms with Crippen LogP contribution < -0.4 is 0 Å². The number of ether oxygens (including phenoxy) is 3. The van der Waals surface area contributed by atoms with E-state index in [0.717, 1.165) is 76.0 Å². The first-order valence-corrected chi connectivity index (χ1v) is 23.5. The fourth-order valence-electron chi connectivity index (χ4n) is 3.26. The number of alkyl halides is 4. The minimum Gasteiger partial charge on any atom is -0.382 e. The molecule has 57 heavy (non-hydrogen) atoms. The topological polar surface area (TPSA) is 30.9 Å². The molecular formula is C49H107F4NO3. The summed E-state index contributed by atoms with van der Waals surface area (Å²) in [5, 5.41) is 0. The number of rotatable bonds is 16. The summed E-state index contributed by atoms with van der Waals surface area (Å²) < 4.78 is 60.2. The highest BCUT2D eigenvalue weighted by Gasteiger charge is 2.55. The number of hydrogen-bond donors (Lipinski definition) is 0. The van der Waals surface area contributed by atoms with Crippen molar-refractivity contribution < 1.29 is 31.8 Å². The summed E-state index contributed by atoms with van der Waals surface area (Å²) in [7, 11) is 0. The predicted molar refractivity (Wildman–Crippen MR) is 250 cm³/mol. The third-order valence-electron chi connectivity index (χ3n) is 8.06. The van der Waals surface area contributed by atoms with Gasteiger partial charge in [0.15, 0.2) is 0 Å². The van der Waals surface area contributed by atoms with Crippen molar-refractivity contribution >= 4 is 0 Å². The Hall–Kier alpha value is -0.700. The van der Waals surface area contributed by atoms with Gasteiger partial charge in [-0.15, -0.1) is 6.58 Å². The molecule has 1 aliphatic heterocycles. The van der Waals surface area contributed by atoms with Crippen molar-refractivity contribution in [3.63, 3.8) is 0 Å². The summed E-state index contributed by atoms with van der Waals surface area (Å²) in [5.41, 5.74) is 0. The standard InChI is InChI=1S/C7H17N.C6H14O.C5H8F2.C5H10O.C5H12O.C5H10.C5H12.C4H10.C4H8.C3H6F2/c1-4-7-8(5-2)6-3;1-4-5-7-6(2)3;1-2-4-3-5(4,6)7;1-2-5-3-6-4-5;1-3-5-6-4-2;1-2-5-3-4-5;1-4-5(2)3;1-4(2)3;1-3-4-2;1-2-3(4)5/h4-7H2,1-3H3;6H,4-5H2,1-3H3;4H,2-3H2,1H3;5H,2-4H2,1H3;3-5H2,1-2H3;5H,2-4H2,1H3;5H,4H2,1-3H3;4H,1-3H3;3H,1,4H2,2H3;3H,2H2,1H3. The summed E-state index contributed by atoms with van der Waals surface area (Å²) >= 11 is 0. The average molecular weight is 834 g/mol. The highest BCUT2D eigenvalue weighted by molar-refractivity contribution is 4.93. The van der Waals surface area contributed by atoms with E-state index in [1.807, 2.05) is 13.0 Å². The van der Waals surface area contributed by atoms with Crippen molar-refractivity contribution in [1.29, 1.82) is 0 Å². The van der Waals surface area contributed by atoms with Gasteiger partial charge in [0, 0.05) is 44.5 Å². The fraction of sp³-hybridized carbons (Fsp3) is 0.959. The molecule has 0 aromatic rings. The lowest BCUT2D eigenvalue weighted by atomic mass is 10.1. The molecule has 4 nitrogen and oxygen atoms in total. The van der Waals surface area contributed by atoms with Crippen LogP contribution in [-0.4, -0.2) is 76.0 Å². The van der Waals surface area contributed by atoms with Gasteiger partial charge in [0.25, 0.3) is 5.92 Å². The quantitative estimate of drug-likeness (QED) is 0.0881. The van der Waals surface area contributed by atoms with Crippen molar-refractivity contribution in [1.82, 2.24) is 4.90 Å². The Kier molecular flexibility index (Phi) is 71.3. The summed E-state index contributed by atoms with van der Waals surface area (Å²) in [5.74, 6) is 1.18. The van der Waals surface area contributed by atoms with E-state index in [9.17, 15) is 17.6 Å². The first-order valence-electron chi connectivity index (χ1n) is 23.5. The van der Waals surface area contributed by atoms with Gasteiger partial charge in [0.1, 0.15) is 0 Å². The van der Waals surface area contributed by atoms with E-state index in [2.05, 4.69) is 122 Å². The average Bonchev–Trinajstić information content (AvgIpc) is 4.10. The number of nitrogens with zero attached hydrogens (tertiary/aromatic N) is 1. The second-order valence-electron chi connectivity index (χ2n) is 15.9. The summed E-state index contributed by atoms with van der Waals surface area (Å²) in [6.07, 6.45) is 12.5. The molecule has 0 amide bonds. The Balaban J connectivity index is -0.0000000982. The molecule has 8 heteroatoms. The molecular weight excluding hydrogens is 727 g/mol. The van der Waals surface area contributed by atoms with Gasteiger partial charge in [-0.25, -0.2) is 17.6 Å². The number of halogens is 4. The second-order valence-corrected chi connectivity index (χ2v) is 15.9. The van der Waals surface area contributed by atoms with Crippen LogP contribution in [-0.2, 0) is 14.2 Å². The lowest BCUT2D eigenvalue weighted by Gasteiger charge is -2.23. The van der Waals surface area contributed by atoms with Crippen LogP contribution in [0.2, 0.25) is 0 Å². The molecule has 0 aromatic heterocycles. The van der Waals surface area contributed by atoms with Gasteiger partial charge in [-0.1, -0.05) is 143 Å². The maximum Gasteiger partial charge on any atom is 0.251 e. The molecule has 0 aromatic carbocycles. The van der Waals surface area contributed by atoms with Crippen LogP contribution in [0.3, 0.4) is 0 Å². The number of hydrogen-bond acceptors (Lipinski definition) is 4. The molecule has 2 aliphatic carbocycles. The van der Waals surface area contributed by atoms with Crippen molar-refractivity contribution in [2.24, 2.45) is 29.6 Å². The van der Waals surface area contributed by atoms with Gasteiger partial charge >= 0.3 is 0 Å². The van der Waals surface area contributed by atoms with Gasteiger partial charge in [-0.3, -0.25) is 0 Å². The van der Waals surface area contributed by atoms with Crippen LogP contribution in [0.5, 0.6) is 0 Å². The SMILES string of the molecule is C=CCC.CC(C)C.CCC(C)C.CCC(F)F.CCC1CC1.CCC1CC1(F)F.CCC1COC1.CCCN(CC)CC.CCCOC(C)C.CCCOCC. The lowest BCUT2D eigenvalue weighted by Crippen LogP contribution is -2.26. The summed E-state index contributed by atoms with van der Waals surface area (Å²) in [6, 6.07) is 0. The maximum atomic E-state index is 11.8. The normalized spacial score (nSPS) is 15.3. The number of allylic oxidation sites excluding steroid dienone is 1. The molecule has 0 bridgehead atoms. The summed E-state index contributed by atoms with van der Waals surface area (Å²) in [4.78, 5) is 2.43. The van der Waals surface area contributed by atoms with Crippen LogP contribution in [0.1, 0.15) is 209 Å². The minimum absolute atomic E-state index is 0.0278. The lowest BCUT2D eigenvalue weighted by molar-refractivity contribution is -0.0331. The Morgan fingerprint density at radius 1 is 0.702 bits per heavy atom. The Bertz CT molecular complexity index is 649. The van der Waals surface area contributed by atoms with Gasteiger partial charge in [0.2, 0.25) is 6.43 Å². The Morgan fingerprint density at radius 2 is 1.11 bits per heavy atom. The van der Waals surface area contributed by atoms with Crippen molar-refractivity contribution in [2.45, 2.75) is 227 Å². The van der Waals surface area contributed by atoms with Crippen molar-refractivity contribution in [3.05, 3.63) is 12.7 Å². The third kappa shape index (κ3) is 87.8. The molecule has 3 rings (SSSR count). The second kappa shape index (κ2) is 57.4. The monoisotopic (exact) mass is 834 g/mol.